The van der Waals surface area contributed by atoms with Crippen LogP contribution in [0.5, 0.6) is 0 Å². The lowest BCUT2D eigenvalue weighted by atomic mass is 9.80. The van der Waals surface area contributed by atoms with E-state index in [9.17, 15) is 8.42 Å². The van der Waals surface area contributed by atoms with Crippen molar-refractivity contribution >= 4 is 9.84 Å². The van der Waals surface area contributed by atoms with Gasteiger partial charge in [0.2, 0.25) is 0 Å². The minimum absolute atomic E-state index is 0.390. The Kier molecular flexibility index (Phi) is 8.19. The first kappa shape index (κ1) is 21.5. The van der Waals surface area contributed by atoms with Gasteiger partial charge in [0.25, 0.3) is 0 Å². The lowest BCUT2D eigenvalue weighted by Gasteiger charge is -2.30. The highest BCUT2D eigenvalue weighted by Gasteiger charge is 2.33. The van der Waals surface area contributed by atoms with Crippen molar-refractivity contribution in [3.63, 3.8) is 0 Å². The maximum absolute atomic E-state index is 12.4. The van der Waals surface area contributed by atoms with Crippen molar-refractivity contribution in [2.75, 3.05) is 5.75 Å². The highest BCUT2D eigenvalue weighted by Crippen LogP contribution is 2.34. The molecule has 0 bridgehead atoms. The molecule has 2 nitrogen and oxygen atoms in total. The molecule has 0 aliphatic heterocycles. The number of sulfone groups is 1. The lowest BCUT2D eigenvalue weighted by Crippen LogP contribution is -2.34. The highest BCUT2D eigenvalue weighted by molar-refractivity contribution is 7.92. The number of benzene rings is 1. The molecular weight excluding hydrogens is 340 g/mol. The third-order valence-corrected chi connectivity index (χ3v) is 8.80. The number of hydrogen-bond acceptors (Lipinski definition) is 2. The van der Waals surface area contributed by atoms with E-state index in [1.807, 2.05) is 20.8 Å². The zero-order chi connectivity index (χ0) is 19.0. The molecule has 0 heterocycles. The highest BCUT2D eigenvalue weighted by atomic mass is 32.2. The van der Waals surface area contributed by atoms with E-state index in [0.717, 1.165) is 18.8 Å². The van der Waals surface area contributed by atoms with Crippen molar-refractivity contribution in [3.8, 4) is 0 Å². The molecule has 1 fully saturated rings. The van der Waals surface area contributed by atoms with E-state index in [4.69, 9.17) is 0 Å². The summed E-state index contributed by atoms with van der Waals surface area (Å²) in [6, 6.07) is 10.8. The molecule has 0 saturated heterocycles. The van der Waals surface area contributed by atoms with E-state index >= 15 is 0 Å². The zero-order valence-corrected chi connectivity index (χ0v) is 17.9. The first-order valence-corrected chi connectivity index (χ1v) is 12.2. The maximum Gasteiger partial charge on any atom is 0.155 e. The standard InChI is InChI=1S/C23H38O2S/c1-23(2,3)26(24,25)19-22-17-15-21(16-18-22)14-8-5-4-7-11-20-12-9-6-10-13-20/h6,9-10,12-13,21-22H,4-5,7-8,11,14-19H2,1-3H3. The molecule has 0 atom stereocenters. The van der Waals surface area contributed by atoms with Gasteiger partial charge in [-0.1, -0.05) is 68.9 Å². The van der Waals surface area contributed by atoms with Crippen LogP contribution in [0.1, 0.15) is 84.1 Å². The quantitative estimate of drug-likeness (QED) is 0.479. The normalized spacial score (nSPS) is 21.7. The second-order valence-electron chi connectivity index (χ2n) is 9.22. The predicted molar refractivity (Wildman–Crippen MR) is 112 cm³/mol. The molecule has 3 heteroatoms. The minimum atomic E-state index is -2.97. The van der Waals surface area contributed by atoms with Crippen molar-refractivity contribution in [2.45, 2.75) is 89.7 Å². The smallest absolute Gasteiger partial charge is 0.155 e. The third kappa shape index (κ3) is 7.06. The summed E-state index contributed by atoms with van der Waals surface area (Å²) in [6.45, 7) is 5.48. The molecular formula is C23H38O2S. The second kappa shape index (κ2) is 9.92. The third-order valence-electron chi connectivity index (χ3n) is 6.03. The Hall–Kier alpha value is -0.830. The average Bonchev–Trinajstić information content (AvgIpc) is 2.59. The monoisotopic (exact) mass is 378 g/mol. The molecule has 0 radical (unpaired) electrons. The van der Waals surface area contributed by atoms with Crippen molar-refractivity contribution in [1.82, 2.24) is 0 Å². The van der Waals surface area contributed by atoms with Crippen LogP contribution in [-0.4, -0.2) is 18.9 Å². The Morgan fingerprint density at radius 1 is 0.846 bits per heavy atom. The van der Waals surface area contributed by atoms with Gasteiger partial charge in [-0.3, -0.25) is 0 Å². The van der Waals surface area contributed by atoms with Gasteiger partial charge >= 0.3 is 0 Å². The van der Waals surface area contributed by atoms with Crippen molar-refractivity contribution in [3.05, 3.63) is 35.9 Å². The van der Waals surface area contributed by atoms with Crippen LogP contribution in [0.25, 0.3) is 0 Å². The predicted octanol–water partition coefficient (Wildman–Crippen LogP) is 6.20. The van der Waals surface area contributed by atoms with E-state index in [2.05, 4.69) is 30.3 Å². The number of rotatable bonds is 9. The van der Waals surface area contributed by atoms with E-state index in [0.29, 0.717) is 11.7 Å². The first-order chi connectivity index (χ1) is 12.3. The van der Waals surface area contributed by atoms with Crippen LogP contribution in [0, 0.1) is 11.8 Å². The summed E-state index contributed by atoms with van der Waals surface area (Å²) in [7, 11) is -2.97. The molecule has 1 aromatic rings. The van der Waals surface area contributed by atoms with Gasteiger partial charge in [0.05, 0.1) is 10.5 Å². The summed E-state index contributed by atoms with van der Waals surface area (Å²) in [5.74, 6) is 1.61. The molecule has 2 rings (SSSR count). The fraction of sp³-hybridized carbons (Fsp3) is 0.739. The van der Waals surface area contributed by atoms with Crippen LogP contribution in [0.4, 0.5) is 0 Å². The van der Waals surface area contributed by atoms with Crippen LogP contribution in [0.3, 0.4) is 0 Å². The summed E-state index contributed by atoms with van der Waals surface area (Å²) in [4.78, 5) is 0. The summed E-state index contributed by atoms with van der Waals surface area (Å²) in [6.07, 6.45) is 12.5. The van der Waals surface area contributed by atoms with Gasteiger partial charge in [-0.05, 0) is 63.9 Å². The maximum atomic E-state index is 12.4. The number of unbranched alkanes of at least 4 members (excludes halogenated alkanes) is 3. The molecule has 0 amide bonds. The molecule has 26 heavy (non-hydrogen) atoms. The minimum Gasteiger partial charge on any atom is -0.228 e. The lowest BCUT2D eigenvalue weighted by molar-refractivity contribution is 0.272. The van der Waals surface area contributed by atoms with Gasteiger partial charge in [0.1, 0.15) is 0 Å². The molecule has 0 unspecified atom stereocenters. The number of aryl methyl sites for hydroxylation is 1. The van der Waals surface area contributed by atoms with Crippen LogP contribution >= 0.6 is 0 Å². The Bertz CT molecular complexity index is 605. The van der Waals surface area contributed by atoms with Crippen LogP contribution in [0.2, 0.25) is 0 Å². The largest absolute Gasteiger partial charge is 0.228 e. The molecule has 0 N–H and O–H groups in total. The Morgan fingerprint density at radius 3 is 2.04 bits per heavy atom. The van der Waals surface area contributed by atoms with Crippen molar-refractivity contribution in [2.24, 2.45) is 11.8 Å². The topological polar surface area (TPSA) is 34.1 Å². The summed E-state index contributed by atoms with van der Waals surface area (Å²) in [5, 5.41) is 0. The molecule has 1 saturated carbocycles. The first-order valence-electron chi connectivity index (χ1n) is 10.5. The Morgan fingerprint density at radius 2 is 1.42 bits per heavy atom. The van der Waals surface area contributed by atoms with Gasteiger partial charge in [0.15, 0.2) is 9.84 Å². The van der Waals surface area contributed by atoms with Crippen LogP contribution < -0.4 is 0 Å². The SMILES string of the molecule is CC(C)(C)S(=O)(=O)CC1CCC(CCCCCCc2ccccc2)CC1. The molecule has 0 spiro atoms. The molecule has 1 aliphatic rings. The van der Waals surface area contributed by atoms with Gasteiger partial charge in [-0.25, -0.2) is 8.42 Å². The van der Waals surface area contributed by atoms with Gasteiger partial charge in [0, 0.05) is 0 Å². The van der Waals surface area contributed by atoms with Crippen molar-refractivity contribution < 1.29 is 8.42 Å². The van der Waals surface area contributed by atoms with E-state index < -0.39 is 14.6 Å². The van der Waals surface area contributed by atoms with Gasteiger partial charge < -0.3 is 0 Å². The summed E-state index contributed by atoms with van der Waals surface area (Å²) in [5.41, 5.74) is 1.45. The molecule has 1 aromatic carbocycles. The molecule has 0 aromatic heterocycles. The fourth-order valence-corrected chi connectivity index (χ4v) is 5.46. The molecule has 148 valence electrons. The summed E-state index contributed by atoms with van der Waals surface area (Å²) < 4.78 is 24.1. The second-order valence-corrected chi connectivity index (χ2v) is 12.0. The summed E-state index contributed by atoms with van der Waals surface area (Å²) >= 11 is 0. The van der Waals surface area contributed by atoms with E-state index in [1.165, 1.54) is 56.9 Å². The van der Waals surface area contributed by atoms with Gasteiger partial charge in [-0.15, -0.1) is 0 Å². The van der Waals surface area contributed by atoms with E-state index in [1.54, 1.807) is 0 Å². The Balaban J connectivity index is 1.55. The van der Waals surface area contributed by atoms with Gasteiger partial charge in [-0.2, -0.15) is 0 Å². The van der Waals surface area contributed by atoms with Crippen LogP contribution in [-0.2, 0) is 16.3 Å². The van der Waals surface area contributed by atoms with Crippen molar-refractivity contribution in [1.29, 1.82) is 0 Å². The molecule has 1 aliphatic carbocycles. The average molecular weight is 379 g/mol. The zero-order valence-electron chi connectivity index (χ0n) is 17.0. The number of hydrogen-bond donors (Lipinski definition) is 0. The van der Waals surface area contributed by atoms with E-state index in [-0.39, 0.29) is 0 Å². The van der Waals surface area contributed by atoms with Crippen LogP contribution in [0.15, 0.2) is 30.3 Å². The fourth-order valence-electron chi connectivity index (χ4n) is 4.01. The Labute approximate surface area is 161 Å².